The third kappa shape index (κ3) is 4.08. The van der Waals surface area contributed by atoms with Crippen molar-refractivity contribution in [1.29, 1.82) is 0 Å². The first-order chi connectivity index (χ1) is 12.7. The van der Waals surface area contributed by atoms with Gasteiger partial charge in [-0.1, -0.05) is 25.7 Å². The van der Waals surface area contributed by atoms with Crippen LogP contribution in [0.15, 0.2) is 29.2 Å². The molecular weight excluding hydrogens is 344 g/mol. The predicted molar refractivity (Wildman–Crippen MR) is 105 cm³/mol. The van der Waals surface area contributed by atoms with Gasteiger partial charge in [0.25, 0.3) is 0 Å². The second-order valence-corrected chi connectivity index (χ2v) is 9.30. The highest BCUT2D eigenvalue weighted by molar-refractivity contribution is 8.00. The molecule has 5 heteroatoms. The number of benzene rings is 1. The molecule has 0 unspecified atom stereocenters. The van der Waals surface area contributed by atoms with E-state index in [1.54, 1.807) is 0 Å². The first-order valence-corrected chi connectivity index (χ1v) is 10.9. The van der Waals surface area contributed by atoms with Gasteiger partial charge in [0, 0.05) is 34.8 Å². The van der Waals surface area contributed by atoms with Crippen molar-refractivity contribution in [2.75, 3.05) is 11.9 Å². The molecule has 140 valence electrons. The molecule has 3 fully saturated rings. The Kier molecular flexibility index (Phi) is 5.53. The van der Waals surface area contributed by atoms with Gasteiger partial charge in [0.2, 0.25) is 11.8 Å². The Bertz CT molecular complexity index is 648. The van der Waals surface area contributed by atoms with Crippen LogP contribution >= 0.6 is 11.8 Å². The van der Waals surface area contributed by atoms with Crippen molar-refractivity contribution in [3.63, 3.8) is 0 Å². The SMILES string of the molecule is O=C(Nc1ccc(SC2CCCC2)cc1)[C@H]1CC(=O)N(C2CCCC2)C1. The molecule has 2 amide bonds. The van der Waals surface area contributed by atoms with E-state index >= 15 is 0 Å². The second-order valence-electron chi connectivity index (χ2n) is 7.92. The van der Waals surface area contributed by atoms with Crippen molar-refractivity contribution in [1.82, 2.24) is 4.90 Å². The summed E-state index contributed by atoms with van der Waals surface area (Å²) in [7, 11) is 0. The zero-order valence-corrected chi connectivity index (χ0v) is 16.1. The first-order valence-electron chi connectivity index (χ1n) is 10.1. The summed E-state index contributed by atoms with van der Waals surface area (Å²) in [6.45, 7) is 0.588. The fourth-order valence-corrected chi connectivity index (χ4v) is 5.78. The number of hydrogen-bond donors (Lipinski definition) is 1. The molecule has 1 N–H and O–H groups in total. The zero-order valence-electron chi connectivity index (χ0n) is 15.3. The Morgan fingerprint density at radius 1 is 1.00 bits per heavy atom. The van der Waals surface area contributed by atoms with Crippen LogP contribution < -0.4 is 5.32 Å². The largest absolute Gasteiger partial charge is 0.339 e. The van der Waals surface area contributed by atoms with Crippen molar-refractivity contribution in [2.24, 2.45) is 5.92 Å². The van der Waals surface area contributed by atoms with Crippen LogP contribution in [0.5, 0.6) is 0 Å². The lowest BCUT2D eigenvalue weighted by atomic mass is 10.1. The number of likely N-dealkylation sites (tertiary alicyclic amines) is 1. The number of carbonyl (C=O) groups excluding carboxylic acids is 2. The summed E-state index contributed by atoms with van der Waals surface area (Å²) in [5.74, 6) is -0.0777. The number of thioether (sulfide) groups is 1. The van der Waals surface area contributed by atoms with Gasteiger partial charge in [-0.05, 0) is 49.9 Å². The highest BCUT2D eigenvalue weighted by atomic mass is 32.2. The Morgan fingerprint density at radius 2 is 1.65 bits per heavy atom. The number of nitrogens with one attached hydrogen (secondary N) is 1. The molecule has 1 aliphatic heterocycles. The van der Waals surface area contributed by atoms with Crippen LogP contribution in [0.4, 0.5) is 5.69 Å². The number of amides is 2. The molecule has 0 aromatic heterocycles. The third-order valence-electron chi connectivity index (χ3n) is 6.02. The Labute approximate surface area is 160 Å². The number of nitrogens with zero attached hydrogens (tertiary/aromatic N) is 1. The molecule has 0 radical (unpaired) electrons. The number of anilines is 1. The van der Waals surface area contributed by atoms with E-state index in [4.69, 9.17) is 0 Å². The number of rotatable bonds is 5. The summed E-state index contributed by atoms with van der Waals surface area (Å²) >= 11 is 1.95. The maximum absolute atomic E-state index is 12.6. The highest BCUT2D eigenvalue weighted by Crippen LogP contribution is 2.35. The Balaban J connectivity index is 1.30. The maximum Gasteiger partial charge on any atom is 0.229 e. The maximum atomic E-state index is 12.6. The van der Waals surface area contributed by atoms with Crippen LogP contribution in [0.2, 0.25) is 0 Å². The lowest BCUT2D eigenvalue weighted by Crippen LogP contribution is -2.35. The van der Waals surface area contributed by atoms with E-state index in [0.717, 1.165) is 23.8 Å². The fourth-order valence-electron chi connectivity index (χ4n) is 4.54. The van der Waals surface area contributed by atoms with E-state index in [-0.39, 0.29) is 17.7 Å². The highest BCUT2D eigenvalue weighted by Gasteiger charge is 2.38. The van der Waals surface area contributed by atoms with Crippen molar-refractivity contribution < 1.29 is 9.59 Å². The topological polar surface area (TPSA) is 49.4 Å². The Hall–Kier alpha value is -1.49. The van der Waals surface area contributed by atoms with E-state index in [9.17, 15) is 9.59 Å². The van der Waals surface area contributed by atoms with E-state index in [2.05, 4.69) is 17.4 Å². The van der Waals surface area contributed by atoms with Crippen LogP contribution in [0, 0.1) is 5.92 Å². The molecule has 1 heterocycles. The van der Waals surface area contributed by atoms with E-state index in [0.29, 0.717) is 19.0 Å². The van der Waals surface area contributed by atoms with Crippen LogP contribution in [-0.2, 0) is 9.59 Å². The van der Waals surface area contributed by atoms with Gasteiger partial charge in [-0.25, -0.2) is 0 Å². The minimum absolute atomic E-state index is 0.0185. The normalized spacial score (nSPS) is 24.5. The number of carbonyl (C=O) groups is 2. The van der Waals surface area contributed by atoms with Crippen LogP contribution in [-0.4, -0.2) is 34.6 Å². The zero-order chi connectivity index (χ0) is 17.9. The van der Waals surface area contributed by atoms with Gasteiger partial charge in [-0.15, -0.1) is 11.8 Å². The average Bonchev–Trinajstić information content (AvgIpc) is 3.38. The first kappa shape index (κ1) is 17.9. The molecule has 0 spiro atoms. The summed E-state index contributed by atoms with van der Waals surface area (Å²) < 4.78 is 0. The third-order valence-corrected chi connectivity index (χ3v) is 7.37. The molecule has 1 aromatic rings. The molecule has 1 atom stereocenters. The lowest BCUT2D eigenvalue weighted by Gasteiger charge is -2.23. The smallest absolute Gasteiger partial charge is 0.229 e. The minimum atomic E-state index is -0.212. The molecule has 4 rings (SSSR count). The molecule has 3 aliphatic rings. The van der Waals surface area contributed by atoms with Gasteiger partial charge in [0.15, 0.2) is 0 Å². The van der Waals surface area contributed by atoms with Gasteiger partial charge in [0.05, 0.1) is 5.92 Å². The quantitative estimate of drug-likeness (QED) is 0.831. The van der Waals surface area contributed by atoms with Gasteiger partial charge < -0.3 is 10.2 Å². The number of hydrogen-bond acceptors (Lipinski definition) is 3. The van der Waals surface area contributed by atoms with Crippen molar-refractivity contribution in [3.05, 3.63) is 24.3 Å². The lowest BCUT2D eigenvalue weighted by molar-refractivity contribution is -0.129. The van der Waals surface area contributed by atoms with Crippen LogP contribution in [0.1, 0.15) is 57.8 Å². The van der Waals surface area contributed by atoms with Crippen molar-refractivity contribution >= 4 is 29.3 Å². The molecular formula is C21H28N2O2S. The minimum Gasteiger partial charge on any atom is -0.339 e. The molecule has 4 nitrogen and oxygen atoms in total. The van der Waals surface area contributed by atoms with E-state index in [1.807, 2.05) is 28.8 Å². The van der Waals surface area contributed by atoms with Gasteiger partial charge >= 0.3 is 0 Å². The summed E-state index contributed by atoms with van der Waals surface area (Å²) in [6, 6.07) is 8.54. The Morgan fingerprint density at radius 3 is 2.35 bits per heavy atom. The monoisotopic (exact) mass is 372 g/mol. The van der Waals surface area contributed by atoms with E-state index in [1.165, 1.54) is 43.4 Å². The fraction of sp³-hybridized carbons (Fsp3) is 0.619. The summed E-state index contributed by atoms with van der Waals surface area (Å²) in [6.07, 6.45) is 10.3. The molecule has 2 saturated carbocycles. The van der Waals surface area contributed by atoms with Crippen molar-refractivity contribution in [2.45, 2.75) is 74.0 Å². The van der Waals surface area contributed by atoms with Crippen molar-refractivity contribution in [3.8, 4) is 0 Å². The van der Waals surface area contributed by atoms with Crippen LogP contribution in [0.25, 0.3) is 0 Å². The summed E-state index contributed by atoms with van der Waals surface area (Å²) in [5.41, 5.74) is 0.831. The molecule has 1 saturated heterocycles. The standard InChI is InChI=1S/C21H28N2O2S/c24-20-13-15(14-23(20)17-5-1-2-6-17)21(25)22-16-9-11-19(12-10-16)26-18-7-3-4-8-18/h9-12,15,17-18H,1-8,13-14H2,(H,22,25)/t15-/m0/s1. The predicted octanol–water partition coefficient (Wildman–Crippen LogP) is 4.45. The van der Waals surface area contributed by atoms with Crippen LogP contribution in [0.3, 0.4) is 0 Å². The molecule has 0 bridgehead atoms. The summed E-state index contributed by atoms with van der Waals surface area (Å²) in [5, 5.41) is 3.76. The van der Waals surface area contributed by atoms with E-state index < -0.39 is 0 Å². The second kappa shape index (κ2) is 8.03. The van der Waals surface area contributed by atoms with Gasteiger partial charge in [0.1, 0.15) is 0 Å². The summed E-state index contributed by atoms with van der Waals surface area (Å²) in [4.78, 5) is 28.1. The molecule has 26 heavy (non-hydrogen) atoms. The molecule has 2 aliphatic carbocycles. The average molecular weight is 373 g/mol. The molecule has 1 aromatic carbocycles. The van der Waals surface area contributed by atoms with Gasteiger partial charge in [-0.3, -0.25) is 9.59 Å². The van der Waals surface area contributed by atoms with Gasteiger partial charge in [-0.2, -0.15) is 0 Å².